The molecule has 0 radical (unpaired) electrons. The number of benzene rings is 3. The zero-order chi connectivity index (χ0) is 20.4. The van der Waals surface area contributed by atoms with Crippen molar-refractivity contribution in [3.63, 3.8) is 0 Å². The first-order chi connectivity index (χ1) is 14.1. The summed E-state index contributed by atoms with van der Waals surface area (Å²) in [5, 5.41) is 1.84. The minimum absolute atomic E-state index is 0.00359. The van der Waals surface area contributed by atoms with Crippen LogP contribution in [0.25, 0.3) is 21.0 Å². The fourth-order valence-electron chi connectivity index (χ4n) is 3.33. The van der Waals surface area contributed by atoms with Crippen LogP contribution in [-0.2, 0) is 22.5 Å². The number of aromatic nitrogens is 1. The van der Waals surface area contributed by atoms with E-state index in [0.717, 1.165) is 27.4 Å². The lowest BCUT2D eigenvalue weighted by Crippen LogP contribution is -2.22. The van der Waals surface area contributed by atoms with Gasteiger partial charge in [0.1, 0.15) is 6.54 Å². The minimum Gasteiger partial charge on any atom is -0.468 e. The van der Waals surface area contributed by atoms with Gasteiger partial charge in [-0.15, -0.1) is 0 Å². The van der Waals surface area contributed by atoms with E-state index in [1.54, 1.807) is 10.6 Å². The molecule has 1 heterocycles. The predicted molar refractivity (Wildman–Crippen MR) is 115 cm³/mol. The molecule has 4 aromatic rings. The molecule has 0 unspecified atom stereocenters. The van der Waals surface area contributed by atoms with E-state index in [1.807, 2.05) is 48.5 Å². The molecule has 0 saturated carbocycles. The number of nitrogens with zero attached hydrogens (tertiary/aromatic N) is 2. The Morgan fingerprint density at radius 3 is 2.66 bits per heavy atom. The van der Waals surface area contributed by atoms with Crippen LogP contribution < -0.4 is 4.80 Å². The van der Waals surface area contributed by atoms with Gasteiger partial charge in [-0.25, -0.2) is 0 Å². The van der Waals surface area contributed by atoms with Gasteiger partial charge in [0.05, 0.1) is 17.3 Å². The third kappa shape index (κ3) is 3.71. The lowest BCUT2D eigenvalue weighted by Gasteiger charge is -2.05. The summed E-state index contributed by atoms with van der Waals surface area (Å²) in [5.74, 6) is -0.717. The van der Waals surface area contributed by atoms with Gasteiger partial charge in [-0.2, -0.15) is 4.99 Å². The number of carbonyl (C=O) groups excluding carboxylic acids is 2. The Labute approximate surface area is 171 Å². The monoisotopic (exact) mass is 404 g/mol. The second-order valence-corrected chi connectivity index (χ2v) is 7.66. The first-order valence-corrected chi connectivity index (χ1v) is 10.2. The number of methoxy groups -OCH3 is 1. The smallest absolute Gasteiger partial charge is 0.325 e. The van der Waals surface area contributed by atoms with Crippen molar-refractivity contribution in [2.45, 2.75) is 19.9 Å². The van der Waals surface area contributed by atoms with E-state index in [9.17, 15) is 9.59 Å². The third-order valence-electron chi connectivity index (χ3n) is 4.89. The second kappa shape index (κ2) is 8.01. The van der Waals surface area contributed by atoms with Crippen molar-refractivity contribution in [1.29, 1.82) is 0 Å². The lowest BCUT2D eigenvalue weighted by molar-refractivity contribution is -0.141. The zero-order valence-corrected chi connectivity index (χ0v) is 17.0. The van der Waals surface area contributed by atoms with Crippen LogP contribution in [0.2, 0.25) is 0 Å². The maximum absolute atomic E-state index is 13.0. The topological polar surface area (TPSA) is 60.7 Å². The second-order valence-electron chi connectivity index (χ2n) is 6.65. The lowest BCUT2D eigenvalue weighted by atomic mass is 10.0. The van der Waals surface area contributed by atoms with Crippen LogP contribution in [0, 0.1) is 0 Å². The quantitative estimate of drug-likeness (QED) is 0.476. The Morgan fingerprint density at radius 1 is 1.07 bits per heavy atom. The largest absolute Gasteiger partial charge is 0.468 e. The van der Waals surface area contributed by atoms with Crippen LogP contribution in [0.15, 0.2) is 65.7 Å². The summed E-state index contributed by atoms with van der Waals surface area (Å²) in [6.07, 6.45) is 0.909. The summed E-state index contributed by atoms with van der Waals surface area (Å²) in [5.41, 5.74) is 2.59. The fraction of sp³-hybridized carbons (Fsp3) is 0.174. The zero-order valence-electron chi connectivity index (χ0n) is 16.2. The third-order valence-corrected chi connectivity index (χ3v) is 5.93. The first kappa shape index (κ1) is 19.1. The Bertz CT molecular complexity index is 1300. The summed E-state index contributed by atoms with van der Waals surface area (Å²) >= 11 is 1.40. The van der Waals surface area contributed by atoms with Crippen LogP contribution in [0.4, 0.5) is 0 Å². The van der Waals surface area contributed by atoms with Crippen molar-refractivity contribution in [1.82, 2.24) is 4.57 Å². The molecule has 0 bridgehead atoms. The molecule has 29 heavy (non-hydrogen) atoms. The highest BCUT2D eigenvalue weighted by molar-refractivity contribution is 7.16. The highest BCUT2D eigenvalue weighted by Gasteiger charge is 2.14. The van der Waals surface area contributed by atoms with E-state index in [0.29, 0.717) is 10.4 Å². The molecule has 0 atom stereocenters. The molecule has 0 saturated heterocycles. The molecule has 1 aromatic heterocycles. The van der Waals surface area contributed by atoms with Gasteiger partial charge in [0.15, 0.2) is 4.80 Å². The van der Waals surface area contributed by atoms with Crippen molar-refractivity contribution < 1.29 is 14.3 Å². The minimum atomic E-state index is -0.386. The van der Waals surface area contributed by atoms with Crippen LogP contribution in [0.3, 0.4) is 0 Å². The van der Waals surface area contributed by atoms with Crippen LogP contribution in [0.5, 0.6) is 0 Å². The maximum atomic E-state index is 13.0. The van der Waals surface area contributed by atoms with Gasteiger partial charge < -0.3 is 9.30 Å². The van der Waals surface area contributed by atoms with Gasteiger partial charge in [-0.1, -0.05) is 60.7 Å². The highest BCUT2D eigenvalue weighted by atomic mass is 32.1. The van der Waals surface area contributed by atoms with E-state index in [-0.39, 0.29) is 18.4 Å². The normalized spacial score (nSPS) is 11.9. The number of ether oxygens (including phenoxy) is 1. The number of hydrogen-bond donors (Lipinski definition) is 0. The maximum Gasteiger partial charge on any atom is 0.325 e. The number of carbonyl (C=O) groups is 2. The number of thiazole rings is 1. The SMILES string of the molecule is CCc1ccc2c(c1)sc(=NC(=O)c1cccc3ccccc13)n2CC(=O)OC. The first-order valence-electron chi connectivity index (χ1n) is 9.36. The molecule has 0 aliphatic carbocycles. The van der Waals surface area contributed by atoms with Crippen molar-refractivity contribution >= 4 is 44.2 Å². The van der Waals surface area contributed by atoms with Gasteiger partial charge in [-0.05, 0) is 41.0 Å². The van der Waals surface area contributed by atoms with Crippen molar-refractivity contribution in [3.8, 4) is 0 Å². The molecule has 0 N–H and O–H groups in total. The van der Waals surface area contributed by atoms with Crippen molar-refractivity contribution in [3.05, 3.63) is 76.6 Å². The number of hydrogen-bond acceptors (Lipinski definition) is 4. The van der Waals surface area contributed by atoms with E-state index in [1.165, 1.54) is 24.0 Å². The number of fused-ring (bicyclic) bond motifs is 2. The Hall–Kier alpha value is -3.25. The molecule has 0 aliphatic rings. The molecule has 0 spiro atoms. The van der Waals surface area contributed by atoms with E-state index in [4.69, 9.17) is 4.74 Å². The summed E-state index contributed by atoms with van der Waals surface area (Å²) in [7, 11) is 1.35. The number of esters is 1. The Kier molecular flexibility index (Phi) is 5.27. The molecule has 4 rings (SSSR count). The molecule has 0 aliphatic heterocycles. The van der Waals surface area contributed by atoms with Crippen LogP contribution >= 0.6 is 11.3 Å². The van der Waals surface area contributed by atoms with E-state index < -0.39 is 0 Å². The fourth-order valence-corrected chi connectivity index (χ4v) is 4.42. The molecular formula is C23H20N2O3S. The molecule has 6 heteroatoms. The summed E-state index contributed by atoms with van der Waals surface area (Å²) in [6, 6.07) is 19.4. The van der Waals surface area contributed by atoms with Crippen LogP contribution in [-0.4, -0.2) is 23.6 Å². The number of aryl methyl sites for hydroxylation is 1. The number of rotatable bonds is 4. The molecule has 146 valence electrons. The van der Waals surface area contributed by atoms with Gasteiger partial charge in [-0.3, -0.25) is 9.59 Å². The van der Waals surface area contributed by atoms with Crippen molar-refractivity contribution in [2.75, 3.05) is 7.11 Å². The summed E-state index contributed by atoms with van der Waals surface area (Å²) in [6.45, 7) is 2.09. The van der Waals surface area contributed by atoms with E-state index >= 15 is 0 Å². The van der Waals surface area contributed by atoms with Gasteiger partial charge in [0.2, 0.25) is 0 Å². The number of amides is 1. The summed E-state index contributed by atoms with van der Waals surface area (Å²) in [4.78, 5) is 29.9. The molecular weight excluding hydrogens is 384 g/mol. The predicted octanol–water partition coefficient (Wildman–Crippen LogP) is 4.33. The van der Waals surface area contributed by atoms with E-state index in [2.05, 4.69) is 18.0 Å². The van der Waals surface area contributed by atoms with Crippen LogP contribution in [0.1, 0.15) is 22.8 Å². The molecule has 1 amide bonds. The standard InChI is InChI=1S/C23H20N2O3S/c1-3-15-11-12-19-20(13-15)29-23(25(19)14-21(26)28-2)24-22(27)18-10-6-8-16-7-4-5-9-17(16)18/h4-13H,3,14H2,1-2H3. The molecule has 3 aromatic carbocycles. The average molecular weight is 404 g/mol. The van der Waals surface area contributed by atoms with Gasteiger partial charge >= 0.3 is 5.97 Å². The Balaban J connectivity index is 1.89. The summed E-state index contributed by atoms with van der Waals surface area (Å²) < 4.78 is 7.57. The van der Waals surface area contributed by atoms with Gasteiger partial charge in [0, 0.05) is 5.56 Å². The van der Waals surface area contributed by atoms with Gasteiger partial charge in [0.25, 0.3) is 5.91 Å². The highest BCUT2D eigenvalue weighted by Crippen LogP contribution is 2.21. The molecule has 0 fully saturated rings. The molecule has 5 nitrogen and oxygen atoms in total. The average Bonchev–Trinajstić information content (AvgIpc) is 3.08. The Morgan fingerprint density at radius 2 is 1.86 bits per heavy atom. The van der Waals surface area contributed by atoms with Crippen molar-refractivity contribution in [2.24, 2.45) is 4.99 Å².